The summed E-state index contributed by atoms with van der Waals surface area (Å²) >= 11 is 0. The zero-order chi connectivity index (χ0) is 44.8. The Morgan fingerprint density at radius 1 is 0.353 bits per heavy atom. The number of hydrogen-bond acceptors (Lipinski definition) is 2. The molecule has 0 amide bonds. The van der Waals surface area contributed by atoms with Gasteiger partial charge in [-0.3, -0.25) is 4.57 Å². The van der Waals surface area contributed by atoms with Crippen LogP contribution in [0.5, 0.6) is 6.01 Å². The zero-order valence-electron chi connectivity index (χ0n) is 37.0. The van der Waals surface area contributed by atoms with E-state index < -0.39 is 8.07 Å². The third kappa shape index (κ3) is 5.71. The summed E-state index contributed by atoms with van der Waals surface area (Å²) in [5.41, 5.74) is 13.6. The van der Waals surface area contributed by atoms with Crippen molar-refractivity contribution in [3.05, 3.63) is 248 Å². The number of rotatable bonds is 7. The van der Waals surface area contributed by atoms with Crippen molar-refractivity contribution in [2.45, 2.75) is 6.61 Å². The molecule has 0 radical (unpaired) electrons. The average molecular weight is 887 g/mol. The summed E-state index contributed by atoms with van der Waals surface area (Å²) in [6.07, 6.45) is 0. The van der Waals surface area contributed by atoms with Gasteiger partial charge in [-0.05, 0) is 105 Å². The second-order valence-electron chi connectivity index (χ2n) is 17.9. The van der Waals surface area contributed by atoms with Crippen LogP contribution in [0.3, 0.4) is 0 Å². The normalized spacial score (nSPS) is 12.5. The van der Waals surface area contributed by atoms with Gasteiger partial charge in [-0.1, -0.05) is 170 Å². The van der Waals surface area contributed by atoms with Crippen LogP contribution < -0.4 is 25.5 Å². The fourth-order valence-electron chi connectivity index (χ4n) is 11.3. The van der Waals surface area contributed by atoms with E-state index in [0.717, 1.165) is 39.2 Å². The summed E-state index contributed by atoms with van der Waals surface area (Å²) in [4.78, 5) is 4.78. The summed E-state index contributed by atoms with van der Waals surface area (Å²) in [6, 6.07) is 90.2. The van der Waals surface area contributed by atoms with Gasteiger partial charge in [0, 0.05) is 38.5 Å². The lowest BCUT2D eigenvalue weighted by Crippen LogP contribution is -2.74. The fourth-order valence-corrected chi connectivity index (χ4v) is 16.2. The maximum absolute atomic E-state index is 6.28. The molecule has 0 aliphatic carbocycles. The Morgan fingerprint density at radius 3 is 1.54 bits per heavy atom. The quantitative estimate of drug-likeness (QED) is 0.118. The monoisotopic (exact) mass is 886 g/mol. The average Bonchev–Trinajstić information content (AvgIpc) is 4.07. The van der Waals surface area contributed by atoms with Crippen LogP contribution in [0.25, 0.3) is 82.8 Å². The minimum Gasteiger partial charge on any atom is -0.459 e. The molecule has 68 heavy (non-hydrogen) atoms. The maximum Gasteiger partial charge on any atom is 0.302 e. The number of ether oxygens (including phenoxy) is 1. The number of nitrogens with zero attached hydrogens (tertiary/aromatic N) is 4. The molecule has 0 spiro atoms. The van der Waals surface area contributed by atoms with Gasteiger partial charge in [0.25, 0.3) is 0 Å². The molecule has 3 aromatic heterocycles. The van der Waals surface area contributed by atoms with Crippen LogP contribution >= 0.6 is 0 Å². The van der Waals surface area contributed by atoms with E-state index >= 15 is 0 Å². The molecule has 0 N–H and O–H groups in total. The van der Waals surface area contributed by atoms with Crippen molar-refractivity contribution in [2.75, 3.05) is 0 Å². The highest BCUT2D eigenvalue weighted by Crippen LogP contribution is 2.38. The molecule has 0 atom stereocenters. The molecule has 0 saturated heterocycles. The van der Waals surface area contributed by atoms with Gasteiger partial charge in [0.1, 0.15) is 6.61 Å². The van der Waals surface area contributed by atoms with E-state index in [2.05, 4.69) is 244 Å². The topological polar surface area (TPSA) is 36.9 Å². The number of benzene rings is 10. The summed E-state index contributed by atoms with van der Waals surface area (Å²) in [7, 11) is -2.99. The van der Waals surface area contributed by atoms with Crippen LogP contribution in [0.1, 0.15) is 5.56 Å². The predicted molar refractivity (Wildman–Crippen MR) is 283 cm³/mol. The molecule has 5 nitrogen and oxygen atoms in total. The van der Waals surface area contributed by atoms with Gasteiger partial charge in [-0.2, -0.15) is 4.98 Å². The molecule has 10 aromatic carbocycles. The highest BCUT2D eigenvalue weighted by Gasteiger charge is 2.42. The van der Waals surface area contributed by atoms with E-state index in [-0.39, 0.29) is 0 Å². The first-order valence-corrected chi connectivity index (χ1v) is 25.3. The minimum absolute atomic E-state index is 0.468. The zero-order valence-corrected chi connectivity index (χ0v) is 38.0. The van der Waals surface area contributed by atoms with E-state index in [9.17, 15) is 0 Å². The van der Waals surface area contributed by atoms with Crippen molar-refractivity contribution in [1.29, 1.82) is 0 Å². The number of imidazole rings is 1. The number of aromatic nitrogens is 4. The molecule has 0 saturated carbocycles. The molecule has 320 valence electrons. The Hall–Kier alpha value is -8.71. The second kappa shape index (κ2) is 15.2. The Morgan fingerprint density at radius 2 is 0.868 bits per heavy atom. The maximum atomic E-state index is 6.28. The van der Waals surface area contributed by atoms with Crippen LogP contribution in [-0.4, -0.2) is 26.8 Å². The van der Waals surface area contributed by atoms with E-state index in [1.807, 2.05) is 12.1 Å². The fraction of sp³-hybridized carbons (Fsp3) is 0.0161. The highest BCUT2D eigenvalue weighted by atomic mass is 28.3. The van der Waals surface area contributed by atoms with E-state index in [1.165, 1.54) is 69.9 Å². The third-order valence-electron chi connectivity index (χ3n) is 14.3. The van der Waals surface area contributed by atoms with Crippen LogP contribution in [0.4, 0.5) is 0 Å². The molecule has 0 fully saturated rings. The molecule has 1 aliphatic heterocycles. The van der Waals surface area contributed by atoms with Gasteiger partial charge >= 0.3 is 6.01 Å². The minimum atomic E-state index is -2.99. The molecule has 0 unspecified atom stereocenters. The van der Waals surface area contributed by atoms with Crippen molar-refractivity contribution in [3.63, 3.8) is 0 Å². The van der Waals surface area contributed by atoms with E-state index in [1.54, 1.807) is 0 Å². The Kier molecular flexibility index (Phi) is 8.60. The van der Waals surface area contributed by atoms with Gasteiger partial charge in [0.2, 0.25) is 0 Å². The second-order valence-corrected chi connectivity index (χ2v) is 21.7. The molecule has 4 heterocycles. The molecule has 1 aliphatic rings. The molecule has 6 heteroatoms. The lowest BCUT2D eigenvalue weighted by Gasteiger charge is -2.35. The van der Waals surface area contributed by atoms with E-state index in [4.69, 9.17) is 9.72 Å². The first-order valence-electron chi connectivity index (χ1n) is 23.3. The largest absolute Gasteiger partial charge is 0.459 e. The molecule has 0 bridgehead atoms. The first kappa shape index (κ1) is 38.5. The van der Waals surface area contributed by atoms with Gasteiger partial charge in [-0.25, -0.2) is 0 Å². The number of fused-ring (bicyclic) bond motifs is 11. The molecular weight excluding hydrogens is 845 g/mol. The summed E-state index contributed by atoms with van der Waals surface area (Å²) in [5, 5.41) is 10.3. The third-order valence-corrected chi connectivity index (χ3v) is 19.0. The Labute approximate surface area is 394 Å². The molecule has 13 aromatic rings. The molecule has 14 rings (SSSR count). The van der Waals surface area contributed by atoms with Crippen LogP contribution in [-0.2, 0) is 6.61 Å². The van der Waals surface area contributed by atoms with Crippen LogP contribution in [0.15, 0.2) is 243 Å². The Bertz CT molecular complexity index is 4020. The standard InChI is InChI=1S/C62H42N4OSi/c1-3-19-47(20-4-1)68(48-21-5-2-6-22-48,49-23-15-17-42(38-49)43-33-35-56-44(37-43)41-67-62-63-55-28-10-14-32-61(55)66(56)62)50-24-16-18-45(39-50)64-59-31-13-9-27-53(59)54-40-46(34-36-60(54)64)65-57-29-11-7-25-51(57)52-26-8-12-30-58(52)65/h1-40H,41H2. The van der Waals surface area contributed by atoms with Crippen LogP contribution in [0.2, 0.25) is 0 Å². The summed E-state index contributed by atoms with van der Waals surface area (Å²) < 4.78 is 13.3. The summed E-state index contributed by atoms with van der Waals surface area (Å²) in [5.74, 6) is 0. The van der Waals surface area contributed by atoms with Gasteiger partial charge < -0.3 is 13.9 Å². The lowest BCUT2D eigenvalue weighted by molar-refractivity contribution is 0.266. The predicted octanol–water partition coefficient (Wildman–Crippen LogP) is 12.2. The van der Waals surface area contributed by atoms with Gasteiger partial charge in [0.15, 0.2) is 8.07 Å². The van der Waals surface area contributed by atoms with Crippen molar-refractivity contribution in [2.24, 2.45) is 0 Å². The van der Waals surface area contributed by atoms with Gasteiger partial charge in [0.05, 0.1) is 38.8 Å². The van der Waals surface area contributed by atoms with Crippen LogP contribution in [0, 0.1) is 0 Å². The molecular formula is C62H42N4OSi. The summed E-state index contributed by atoms with van der Waals surface area (Å²) in [6.45, 7) is 0.468. The lowest BCUT2D eigenvalue weighted by atomic mass is 10.0. The van der Waals surface area contributed by atoms with E-state index in [0.29, 0.717) is 12.6 Å². The Balaban J connectivity index is 0.955. The van der Waals surface area contributed by atoms with Crippen molar-refractivity contribution >= 4 is 83.5 Å². The smallest absolute Gasteiger partial charge is 0.302 e. The van der Waals surface area contributed by atoms with Crippen molar-refractivity contribution in [3.8, 4) is 34.2 Å². The number of para-hydroxylation sites is 5. The SMILES string of the molecule is c1ccc([Si](c2ccccc2)(c2cccc(-c3ccc4c(c3)COc3nc5ccccc5n3-4)c2)c2cccc(-n3c4ccccc4c4cc(-n5c6ccccc6c6ccccc65)ccc43)c2)cc1. The first-order chi connectivity index (χ1) is 33.7. The van der Waals surface area contributed by atoms with Crippen molar-refractivity contribution < 1.29 is 4.74 Å². The number of hydrogen-bond donors (Lipinski definition) is 0. The van der Waals surface area contributed by atoms with Gasteiger partial charge in [-0.15, -0.1) is 0 Å². The van der Waals surface area contributed by atoms with Crippen molar-refractivity contribution in [1.82, 2.24) is 18.7 Å². The highest BCUT2D eigenvalue weighted by molar-refractivity contribution is 7.20.